The molecule has 0 radical (unpaired) electrons. The molecule has 0 unspecified atom stereocenters. The van der Waals surface area contributed by atoms with Crippen molar-refractivity contribution in [2.24, 2.45) is 10.9 Å². The van der Waals surface area contributed by atoms with Crippen LogP contribution in [-0.2, 0) is 10.1 Å². The summed E-state index contributed by atoms with van der Waals surface area (Å²) in [5.41, 5.74) is 0. The molecule has 7 heteroatoms. The Morgan fingerprint density at radius 3 is 2.75 bits per heavy atom. The number of hydrogen-bond acceptors (Lipinski definition) is 5. The van der Waals surface area contributed by atoms with Crippen molar-refractivity contribution in [1.29, 1.82) is 0 Å². The normalized spacial score (nSPS) is 12.4. The van der Waals surface area contributed by atoms with E-state index >= 15 is 0 Å². The first-order valence-corrected chi connectivity index (χ1v) is 6.07. The lowest BCUT2D eigenvalue weighted by molar-refractivity contribution is 0.482. The number of nitrogens with two attached hydrogens (primary N) is 1. The Labute approximate surface area is 76.2 Å². The molecule has 0 aromatic heterocycles. The summed E-state index contributed by atoms with van der Waals surface area (Å²) in [7, 11) is -3.79. The second-order valence-electron chi connectivity index (χ2n) is 2.05. The Morgan fingerprint density at radius 1 is 1.58 bits per heavy atom. The number of rotatable bonds is 6. The van der Waals surface area contributed by atoms with E-state index in [-0.39, 0.29) is 5.75 Å². The summed E-state index contributed by atoms with van der Waals surface area (Å²) in [6.45, 7) is 0. The van der Waals surface area contributed by atoms with Crippen LogP contribution in [0.15, 0.2) is 5.10 Å². The molecule has 0 heterocycles. The van der Waals surface area contributed by atoms with Crippen molar-refractivity contribution in [2.45, 2.75) is 6.42 Å². The topological polar surface area (TPSA) is 92.8 Å². The maximum absolute atomic E-state index is 10.2. The van der Waals surface area contributed by atoms with Gasteiger partial charge >= 0.3 is 0 Å². The average molecular weight is 212 g/mol. The van der Waals surface area contributed by atoms with Gasteiger partial charge in [-0.1, -0.05) is 0 Å². The van der Waals surface area contributed by atoms with Gasteiger partial charge in [-0.25, -0.2) is 0 Å². The number of hydrazone groups is 1. The molecular weight excluding hydrogens is 200 g/mol. The summed E-state index contributed by atoms with van der Waals surface area (Å²) in [5, 5.41) is 3.27. The maximum Gasteiger partial charge on any atom is 0.264 e. The molecule has 0 fully saturated rings. The van der Waals surface area contributed by atoms with E-state index in [1.165, 1.54) is 18.0 Å². The third kappa shape index (κ3) is 9.73. The first-order valence-electron chi connectivity index (χ1n) is 3.31. The minimum absolute atomic E-state index is 0.181. The smallest absolute Gasteiger partial charge is 0.264 e. The zero-order valence-electron chi connectivity index (χ0n) is 6.51. The summed E-state index contributed by atoms with van der Waals surface area (Å²) in [6, 6.07) is 0. The summed E-state index contributed by atoms with van der Waals surface area (Å²) in [6.07, 6.45) is 1.99. The van der Waals surface area contributed by atoms with E-state index in [4.69, 9.17) is 10.4 Å². The van der Waals surface area contributed by atoms with E-state index in [1.807, 2.05) is 0 Å². The molecule has 0 spiro atoms. The standard InChI is InChI=1S/C5H12N2O3S2/c6-7-2-4-11-3-1-5-12(8,9)10/h2H,1,3-6H2,(H,8,9,10). The van der Waals surface area contributed by atoms with Crippen molar-refractivity contribution < 1.29 is 13.0 Å². The average Bonchev–Trinajstić information content (AvgIpc) is 1.94. The molecule has 0 aliphatic heterocycles. The highest BCUT2D eigenvalue weighted by Crippen LogP contribution is 2.01. The highest BCUT2D eigenvalue weighted by Gasteiger charge is 2.02. The minimum Gasteiger partial charge on any atom is -0.324 e. The zero-order chi connectivity index (χ0) is 9.45. The molecule has 0 aliphatic rings. The third-order valence-electron chi connectivity index (χ3n) is 0.989. The van der Waals surface area contributed by atoms with E-state index < -0.39 is 10.1 Å². The summed E-state index contributed by atoms with van der Waals surface area (Å²) in [4.78, 5) is 0. The van der Waals surface area contributed by atoms with Gasteiger partial charge in [-0.3, -0.25) is 4.55 Å². The van der Waals surface area contributed by atoms with Crippen molar-refractivity contribution in [3.8, 4) is 0 Å². The fraction of sp³-hybridized carbons (Fsp3) is 0.800. The predicted octanol–water partition coefficient (Wildman–Crippen LogP) is -0.0580. The SMILES string of the molecule is NN=CCSCCCS(=O)(=O)O. The van der Waals surface area contributed by atoms with Gasteiger partial charge in [-0.15, -0.1) is 0 Å². The molecule has 0 bridgehead atoms. The van der Waals surface area contributed by atoms with Crippen LogP contribution in [-0.4, -0.2) is 36.4 Å². The van der Waals surface area contributed by atoms with Gasteiger partial charge in [0.05, 0.1) is 5.75 Å². The van der Waals surface area contributed by atoms with E-state index in [2.05, 4.69) is 5.10 Å². The Morgan fingerprint density at radius 2 is 2.25 bits per heavy atom. The van der Waals surface area contributed by atoms with Gasteiger partial charge in [-0.05, 0) is 12.2 Å². The lowest BCUT2D eigenvalue weighted by Crippen LogP contribution is -2.04. The first kappa shape index (κ1) is 11.7. The number of thioether (sulfide) groups is 1. The first-order chi connectivity index (χ1) is 5.56. The largest absolute Gasteiger partial charge is 0.324 e. The van der Waals surface area contributed by atoms with Crippen molar-refractivity contribution >= 4 is 28.1 Å². The highest BCUT2D eigenvalue weighted by molar-refractivity contribution is 7.99. The van der Waals surface area contributed by atoms with Crippen LogP contribution in [0.4, 0.5) is 0 Å². The quantitative estimate of drug-likeness (QED) is 0.211. The Hall–Kier alpha value is -0.270. The van der Waals surface area contributed by atoms with Crippen LogP contribution in [0.25, 0.3) is 0 Å². The van der Waals surface area contributed by atoms with Crippen molar-refractivity contribution in [2.75, 3.05) is 17.3 Å². The van der Waals surface area contributed by atoms with Gasteiger partial charge in [0.2, 0.25) is 0 Å². The van der Waals surface area contributed by atoms with Gasteiger partial charge in [0.1, 0.15) is 0 Å². The Kier molecular flexibility index (Phi) is 6.13. The summed E-state index contributed by atoms with van der Waals surface area (Å²) in [5.74, 6) is 5.99. The Bertz CT molecular complexity index is 225. The fourth-order valence-corrected chi connectivity index (χ4v) is 1.92. The second-order valence-corrected chi connectivity index (χ2v) is 4.77. The molecule has 0 saturated carbocycles. The van der Waals surface area contributed by atoms with Crippen LogP contribution in [0.1, 0.15) is 6.42 Å². The van der Waals surface area contributed by atoms with Gasteiger partial charge in [0, 0.05) is 12.0 Å². The number of nitrogens with zero attached hydrogens (tertiary/aromatic N) is 1. The molecule has 12 heavy (non-hydrogen) atoms. The van der Waals surface area contributed by atoms with Crippen LogP contribution >= 0.6 is 11.8 Å². The second kappa shape index (κ2) is 6.27. The van der Waals surface area contributed by atoms with Crippen LogP contribution < -0.4 is 5.84 Å². The van der Waals surface area contributed by atoms with Crippen LogP contribution in [0.2, 0.25) is 0 Å². The summed E-state index contributed by atoms with van der Waals surface area (Å²) < 4.78 is 28.8. The monoisotopic (exact) mass is 212 g/mol. The maximum atomic E-state index is 10.2. The van der Waals surface area contributed by atoms with Gasteiger partial charge < -0.3 is 5.84 Å². The van der Waals surface area contributed by atoms with Crippen molar-refractivity contribution in [3.05, 3.63) is 0 Å². The van der Waals surface area contributed by atoms with Crippen LogP contribution in [0.5, 0.6) is 0 Å². The van der Waals surface area contributed by atoms with Crippen LogP contribution in [0.3, 0.4) is 0 Å². The van der Waals surface area contributed by atoms with Gasteiger partial charge in [-0.2, -0.15) is 25.3 Å². The van der Waals surface area contributed by atoms with Crippen LogP contribution in [0, 0.1) is 0 Å². The molecule has 3 N–H and O–H groups in total. The molecule has 5 nitrogen and oxygen atoms in total. The Balaban J connectivity index is 3.23. The van der Waals surface area contributed by atoms with E-state index in [0.29, 0.717) is 17.9 Å². The molecule has 0 aliphatic carbocycles. The third-order valence-corrected chi connectivity index (χ3v) is 2.76. The number of hydrogen-bond donors (Lipinski definition) is 2. The van der Waals surface area contributed by atoms with E-state index in [9.17, 15) is 8.42 Å². The van der Waals surface area contributed by atoms with Gasteiger partial charge in [0.25, 0.3) is 10.1 Å². The molecule has 0 saturated heterocycles. The molecule has 0 atom stereocenters. The summed E-state index contributed by atoms with van der Waals surface area (Å²) >= 11 is 1.51. The minimum atomic E-state index is -3.79. The fourth-order valence-electron chi connectivity index (χ4n) is 0.522. The predicted molar refractivity (Wildman–Crippen MR) is 51.0 cm³/mol. The molecular formula is C5H12N2O3S2. The highest BCUT2D eigenvalue weighted by atomic mass is 32.2. The lowest BCUT2D eigenvalue weighted by atomic mass is 10.6. The molecule has 0 rings (SSSR count). The molecule has 72 valence electrons. The van der Waals surface area contributed by atoms with E-state index in [0.717, 1.165) is 0 Å². The molecule has 0 aromatic carbocycles. The van der Waals surface area contributed by atoms with E-state index in [1.54, 1.807) is 0 Å². The lowest BCUT2D eigenvalue weighted by Gasteiger charge is -1.95. The van der Waals surface area contributed by atoms with Gasteiger partial charge in [0.15, 0.2) is 0 Å². The molecule has 0 amide bonds. The van der Waals surface area contributed by atoms with Crippen molar-refractivity contribution in [3.63, 3.8) is 0 Å². The van der Waals surface area contributed by atoms with Crippen molar-refractivity contribution in [1.82, 2.24) is 0 Å². The molecule has 0 aromatic rings. The zero-order valence-corrected chi connectivity index (χ0v) is 8.14.